The third-order valence-electron chi connectivity index (χ3n) is 6.95. The number of hydrogen-bond donors (Lipinski definition) is 1. The van der Waals surface area contributed by atoms with Crippen molar-refractivity contribution in [1.82, 2.24) is 19.4 Å². The fourth-order valence-corrected chi connectivity index (χ4v) is 4.88. The van der Waals surface area contributed by atoms with Crippen molar-refractivity contribution in [3.05, 3.63) is 99.6 Å². The van der Waals surface area contributed by atoms with E-state index in [1.807, 2.05) is 66.4 Å². The predicted octanol–water partition coefficient (Wildman–Crippen LogP) is 4.80. The molecule has 9 nitrogen and oxygen atoms in total. The SMILES string of the molecule is [C-]#[N+]c1cnc(C)nc1N[C@@H](C)c1cc2cccc(C#CCCC(=O)N3CCOCC3)c2c(=O)n1-c1ccccc1. The summed E-state index contributed by atoms with van der Waals surface area (Å²) in [7, 11) is 0. The fraction of sp³-hybridized carbons (Fsp3) is 0.281. The Hall–Kier alpha value is -4.99. The molecule has 0 saturated carbocycles. The zero-order valence-corrected chi connectivity index (χ0v) is 23.1. The molecule has 1 aliphatic rings. The molecule has 1 amide bonds. The van der Waals surface area contributed by atoms with Crippen LogP contribution in [0.3, 0.4) is 0 Å². The number of benzene rings is 2. The largest absolute Gasteiger partial charge is 0.378 e. The molecular formula is C32H30N6O3. The summed E-state index contributed by atoms with van der Waals surface area (Å²) in [6.45, 7) is 13.6. The second-order valence-corrected chi connectivity index (χ2v) is 9.74. The number of nitrogens with one attached hydrogen (secondary N) is 1. The lowest BCUT2D eigenvalue weighted by Gasteiger charge is -2.26. The van der Waals surface area contributed by atoms with Gasteiger partial charge in [-0.1, -0.05) is 42.2 Å². The van der Waals surface area contributed by atoms with E-state index in [0.717, 1.165) is 5.39 Å². The Balaban J connectivity index is 1.52. The van der Waals surface area contributed by atoms with Crippen molar-refractivity contribution in [2.75, 3.05) is 31.6 Å². The molecule has 206 valence electrons. The Morgan fingerprint density at radius 2 is 1.95 bits per heavy atom. The molecule has 2 aromatic carbocycles. The minimum Gasteiger partial charge on any atom is -0.378 e. The average molecular weight is 547 g/mol. The molecule has 0 spiro atoms. The van der Waals surface area contributed by atoms with Crippen molar-refractivity contribution >= 4 is 28.2 Å². The van der Waals surface area contributed by atoms with Crippen LogP contribution < -0.4 is 10.9 Å². The van der Waals surface area contributed by atoms with Gasteiger partial charge in [-0.25, -0.2) is 9.83 Å². The number of fused-ring (bicyclic) bond motifs is 1. The minimum absolute atomic E-state index is 0.0679. The molecule has 5 rings (SSSR count). The number of nitrogens with zero attached hydrogens (tertiary/aromatic N) is 5. The summed E-state index contributed by atoms with van der Waals surface area (Å²) in [5.74, 6) is 7.28. The highest BCUT2D eigenvalue weighted by Crippen LogP contribution is 2.28. The smallest absolute Gasteiger partial charge is 0.264 e. The lowest BCUT2D eigenvalue weighted by Crippen LogP contribution is -2.40. The van der Waals surface area contributed by atoms with Crippen LogP contribution in [0, 0.1) is 25.3 Å². The molecule has 41 heavy (non-hydrogen) atoms. The summed E-state index contributed by atoms with van der Waals surface area (Å²) < 4.78 is 7.00. The van der Waals surface area contributed by atoms with Gasteiger partial charge in [0.1, 0.15) is 11.6 Å². The quantitative estimate of drug-likeness (QED) is 0.276. The maximum atomic E-state index is 14.2. The van der Waals surface area contributed by atoms with Crippen molar-refractivity contribution in [1.29, 1.82) is 0 Å². The van der Waals surface area contributed by atoms with Gasteiger partial charge in [-0.05, 0) is 43.5 Å². The van der Waals surface area contributed by atoms with E-state index in [2.05, 4.69) is 32.0 Å². The van der Waals surface area contributed by atoms with Crippen LogP contribution in [0.1, 0.15) is 42.9 Å². The molecule has 0 unspecified atom stereocenters. The molecule has 4 aromatic rings. The van der Waals surface area contributed by atoms with Crippen LogP contribution in [0.15, 0.2) is 65.6 Å². The fourth-order valence-electron chi connectivity index (χ4n) is 4.88. The van der Waals surface area contributed by atoms with E-state index in [1.54, 1.807) is 11.5 Å². The Labute approximate surface area is 238 Å². The Kier molecular flexibility index (Phi) is 8.38. The lowest BCUT2D eigenvalue weighted by molar-refractivity contribution is -0.135. The summed E-state index contributed by atoms with van der Waals surface area (Å²) >= 11 is 0. The molecule has 0 bridgehead atoms. The number of hydrogen-bond acceptors (Lipinski definition) is 6. The number of para-hydroxylation sites is 1. The van der Waals surface area contributed by atoms with Crippen LogP contribution in [0.4, 0.5) is 11.5 Å². The van der Waals surface area contributed by atoms with Gasteiger partial charge in [0, 0.05) is 49.1 Å². The number of ether oxygens (including phenoxy) is 1. The number of aryl methyl sites for hydroxylation is 1. The molecule has 9 heteroatoms. The predicted molar refractivity (Wildman–Crippen MR) is 158 cm³/mol. The molecule has 1 aliphatic heterocycles. The molecular weight excluding hydrogens is 516 g/mol. The van der Waals surface area contributed by atoms with Crippen LogP contribution >= 0.6 is 0 Å². The zero-order chi connectivity index (χ0) is 28.8. The summed E-state index contributed by atoms with van der Waals surface area (Å²) in [6.07, 6.45) is 2.23. The number of amides is 1. The van der Waals surface area contributed by atoms with Crippen LogP contribution in [0.5, 0.6) is 0 Å². The van der Waals surface area contributed by atoms with Crippen molar-refractivity contribution in [3.63, 3.8) is 0 Å². The maximum absolute atomic E-state index is 14.2. The number of aromatic nitrogens is 3. The highest BCUT2D eigenvalue weighted by atomic mass is 16.5. The van der Waals surface area contributed by atoms with Crippen LogP contribution in [0.25, 0.3) is 21.3 Å². The first kappa shape index (κ1) is 27.6. The third-order valence-corrected chi connectivity index (χ3v) is 6.95. The van der Waals surface area contributed by atoms with E-state index >= 15 is 0 Å². The van der Waals surface area contributed by atoms with E-state index in [0.29, 0.717) is 78.8 Å². The summed E-state index contributed by atoms with van der Waals surface area (Å²) in [5, 5.41) is 4.59. The summed E-state index contributed by atoms with van der Waals surface area (Å²) in [6, 6.07) is 16.7. The van der Waals surface area contributed by atoms with Crippen LogP contribution in [-0.2, 0) is 9.53 Å². The van der Waals surface area contributed by atoms with E-state index in [1.165, 1.54) is 6.20 Å². The summed E-state index contributed by atoms with van der Waals surface area (Å²) in [5.41, 5.74) is 2.15. The lowest BCUT2D eigenvalue weighted by atomic mass is 10.0. The molecule has 3 heterocycles. The van der Waals surface area contributed by atoms with Gasteiger partial charge in [-0.3, -0.25) is 19.1 Å². The van der Waals surface area contributed by atoms with Gasteiger partial charge in [-0.15, -0.1) is 0 Å². The van der Waals surface area contributed by atoms with Gasteiger partial charge in [0.2, 0.25) is 11.6 Å². The van der Waals surface area contributed by atoms with E-state index < -0.39 is 0 Å². The molecule has 0 aliphatic carbocycles. The van der Waals surface area contributed by atoms with Gasteiger partial charge >= 0.3 is 0 Å². The molecule has 1 fully saturated rings. The highest BCUT2D eigenvalue weighted by Gasteiger charge is 2.20. The van der Waals surface area contributed by atoms with Crippen molar-refractivity contribution in [2.45, 2.75) is 32.7 Å². The molecule has 1 atom stereocenters. The number of anilines is 1. The van der Waals surface area contributed by atoms with Crippen molar-refractivity contribution < 1.29 is 9.53 Å². The zero-order valence-electron chi connectivity index (χ0n) is 23.1. The second-order valence-electron chi connectivity index (χ2n) is 9.74. The number of carbonyl (C=O) groups excluding carboxylic acids is 1. The number of morpholine rings is 1. The molecule has 0 radical (unpaired) electrons. The highest BCUT2D eigenvalue weighted by molar-refractivity contribution is 5.88. The third kappa shape index (κ3) is 6.11. The normalized spacial score (nSPS) is 13.6. The molecule has 1 saturated heterocycles. The topological polar surface area (TPSA) is 93.7 Å². The number of carbonyl (C=O) groups is 1. The number of rotatable bonds is 6. The second kappa shape index (κ2) is 12.5. The first-order valence-electron chi connectivity index (χ1n) is 13.5. The number of pyridine rings is 1. The van der Waals surface area contributed by atoms with E-state index in [-0.39, 0.29) is 17.5 Å². The first-order chi connectivity index (χ1) is 20.0. The Morgan fingerprint density at radius 3 is 2.71 bits per heavy atom. The average Bonchev–Trinajstić information content (AvgIpc) is 3.00. The minimum atomic E-state index is -0.372. The van der Waals surface area contributed by atoms with Crippen molar-refractivity contribution in [2.24, 2.45) is 0 Å². The first-order valence-corrected chi connectivity index (χ1v) is 13.5. The van der Waals surface area contributed by atoms with Gasteiger partial charge in [-0.2, -0.15) is 0 Å². The van der Waals surface area contributed by atoms with E-state index in [9.17, 15) is 9.59 Å². The van der Waals surface area contributed by atoms with Gasteiger partial charge < -0.3 is 15.0 Å². The summed E-state index contributed by atoms with van der Waals surface area (Å²) in [4.78, 5) is 40.6. The Bertz CT molecular complexity index is 1740. The Morgan fingerprint density at radius 1 is 1.17 bits per heavy atom. The van der Waals surface area contributed by atoms with Crippen LogP contribution in [-0.4, -0.2) is 51.6 Å². The maximum Gasteiger partial charge on any atom is 0.264 e. The monoisotopic (exact) mass is 546 g/mol. The van der Waals surface area contributed by atoms with Gasteiger partial charge in [0.15, 0.2) is 0 Å². The van der Waals surface area contributed by atoms with Crippen LogP contribution in [0.2, 0.25) is 0 Å². The molecule has 2 aromatic heterocycles. The van der Waals surface area contributed by atoms with E-state index in [4.69, 9.17) is 11.3 Å². The van der Waals surface area contributed by atoms with Crippen molar-refractivity contribution in [3.8, 4) is 17.5 Å². The molecule has 1 N–H and O–H groups in total. The van der Waals surface area contributed by atoms with Gasteiger partial charge in [0.25, 0.3) is 5.56 Å². The standard InChI is InChI=1S/C32H30N6O3/c1-22(35-31-27(33-3)21-34-23(2)36-31)28-20-25-12-9-11-24(10-7-8-15-29(39)37-16-18-41-19-17-37)30(25)32(40)38(28)26-13-5-4-6-14-26/h4-6,9,11-14,20-22H,8,15-19H2,1-2H3,(H,34,35,36)/t22-/m0/s1. The van der Waals surface area contributed by atoms with Gasteiger partial charge in [0.05, 0.1) is 31.2 Å².